The SMILES string of the molecule is Cc1nc2ccc(Br)cc2c(=O)n1N=Cc1ccc(N(C)C)cc1OCc1ccc(Cl)cc1. The number of anilines is 1. The summed E-state index contributed by atoms with van der Waals surface area (Å²) < 4.78 is 8.23. The van der Waals surface area contributed by atoms with Crippen LogP contribution in [0.15, 0.2) is 75.0 Å². The van der Waals surface area contributed by atoms with Crippen LogP contribution in [0.5, 0.6) is 5.75 Å². The molecule has 3 aromatic carbocycles. The molecule has 1 aromatic heterocycles. The van der Waals surface area contributed by atoms with Gasteiger partial charge in [0.05, 0.1) is 17.1 Å². The summed E-state index contributed by atoms with van der Waals surface area (Å²) in [7, 11) is 3.93. The van der Waals surface area contributed by atoms with Gasteiger partial charge in [-0.1, -0.05) is 39.7 Å². The van der Waals surface area contributed by atoms with Crippen molar-refractivity contribution in [3.63, 3.8) is 0 Å². The molecule has 168 valence electrons. The molecule has 4 aromatic rings. The van der Waals surface area contributed by atoms with Crippen molar-refractivity contribution in [1.29, 1.82) is 0 Å². The largest absolute Gasteiger partial charge is 0.488 e. The van der Waals surface area contributed by atoms with Gasteiger partial charge in [0, 0.05) is 40.9 Å². The maximum Gasteiger partial charge on any atom is 0.282 e. The highest BCUT2D eigenvalue weighted by Gasteiger charge is 2.10. The normalized spacial score (nSPS) is 11.3. The average Bonchev–Trinajstić information content (AvgIpc) is 2.79. The van der Waals surface area contributed by atoms with Crippen LogP contribution in [0.1, 0.15) is 17.0 Å². The zero-order valence-corrected chi connectivity index (χ0v) is 20.8. The fraction of sp³-hybridized carbons (Fsp3) is 0.160. The molecule has 0 aliphatic rings. The lowest BCUT2D eigenvalue weighted by molar-refractivity contribution is 0.306. The summed E-state index contributed by atoms with van der Waals surface area (Å²) in [5.41, 5.74) is 3.13. The van der Waals surface area contributed by atoms with Crippen molar-refractivity contribution in [3.8, 4) is 5.75 Å². The molecule has 0 atom stereocenters. The van der Waals surface area contributed by atoms with Crippen LogP contribution in [-0.4, -0.2) is 30.0 Å². The first-order chi connectivity index (χ1) is 15.8. The Bertz CT molecular complexity index is 1400. The number of ether oxygens (including phenoxy) is 1. The van der Waals surface area contributed by atoms with Crippen LogP contribution in [0.2, 0.25) is 5.02 Å². The zero-order chi connectivity index (χ0) is 23.5. The number of aromatic nitrogens is 2. The van der Waals surface area contributed by atoms with E-state index in [1.54, 1.807) is 19.2 Å². The molecule has 6 nitrogen and oxygen atoms in total. The predicted octanol–water partition coefficient (Wildman–Crippen LogP) is 5.65. The van der Waals surface area contributed by atoms with Crippen molar-refractivity contribution in [1.82, 2.24) is 9.66 Å². The summed E-state index contributed by atoms with van der Waals surface area (Å²) in [6, 6.07) is 18.8. The molecule has 0 aliphatic carbocycles. The van der Waals surface area contributed by atoms with Crippen LogP contribution in [0.4, 0.5) is 5.69 Å². The molecule has 4 rings (SSSR count). The van der Waals surface area contributed by atoms with Gasteiger partial charge in [0.1, 0.15) is 18.2 Å². The third-order valence-electron chi connectivity index (χ3n) is 5.10. The molecule has 0 unspecified atom stereocenters. The molecule has 0 bridgehead atoms. The minimum absolute atomic E-state index is 0.233. The number of hydrogen-bond donors (Lipinski definition) is 0. The van der Waals surface area contributed by atoms with Gasteiger partial charge in [0.15, 0.2) is 0 Å². The number of aryl methyl sites for hydroxylation is 1. The van der Waals surface area contributed by atoms with Gasteiger partial charge < -0.3 is 9.64 Å². The Balaban J connectivity index is 1.70. The van der Waals surface area contributed by atoms with Gasteiger partial charge in [0.25, 0.3) is 5.56 Å². The summed E-state index contributed by atoms with van der Waals surface area (Å²) in [6.45, 7) is 2.13. The quantitative estimate of drug-likeness (QED) is 0.305. The van der Waals surface area contributed by atoms with E-state index in [0.29, 0.717) is 34.1 Å². The van der Waals surface area contributed by atoms with E-state index >= 15 is 0 Å². The molecule has 33 heavy (non-hydrogen) atoms. The van der Waals surface area contributed by atoms with Crippen LogP contribution in [0.25, 0.3) is 10.9 Å². The minimum Gasteiger partial charge on any atom is -0.488 e. The second-order valence-corrected chi connectivity index (χ2v) is 9.07. The molecule has 0 saturated carbocycles. The fourth-order valence-corrected chi connectivity index (χ4v) is 3.78. The summed E-state index contributed by atoms with van der Waals surface area (Å²) in [5, 5.41) is 5.62. The molecule has 0 N–H and O–H groups in total. The molecule has 0 amide bonds. The van der Waals surface area contributed by atoms with Crippen LogP contribution < -0.4 is 15.2 Å². The lowest BCUT2D eigenvalue weighted by Crippen LogP contribution is -2.20. The lowest BCUT2D eigenvalue weighted by Gasteiger charge is -2.16. The van der Waals surface area contributed by atoms with Crippen LogP contribution in [0.3, 0.4) is 0 Å². The number of benzene rings is 3. The van der Waals surface area contributed by atoms with Crippen LogP contribution >= 0.6 is 27.5 Å². The third kappa shape index (κ3) is 5.26. The molecule has 0 fully saturated rings. The minimum atomic E-state index is -0.233. The second-order valence-electron chi connectivity index (χ2n) is 7.71. The first-order valence-electron chi connectivity index (χ1n) is 10.2. The molecule has 8 heteroatoms. The number of hydrogen-bond acceptors (Lipinski definition) is 5. The molecule has 1 heterocycles. The summed E-state index contributed by atoms with van der Waals surface area (Å²) in [6.07, 6.45) is 1.62. The first-order valence-corrected chi connectivity index (χ1v) is 11.4. The van der Waals surface area contributed by atoms with E-state index in [2.05, 4.69) is 26.0 Å². The second kappa shape index (κ2) is 9.77. The highest BCUT2D eigenvalue weighted by Crippen LogP contribution is 2.25. The Labute approximate surface area is 205 Å². The molecular weight excluding hydrogens is 504 g/mol. The van der Waals surface area contributed by atoms with Crippen molar-refractivity contribution in [2.24, 2.45) is 5.10 Å². The summed E-state index contributed by atoms with van der Waals surface area (Å²) in [4.78, 5) is 19.5. The van der Waals surface area contributed by atoms with E-state index in [0.717, 1.165) is 21.3 Å². The van der Waals surface area contributed by atoms with Crippen molar-refractivity contribution in [3.05, 3.63) is 97.5 Å². The highest BCUT2D eigenvalue weighted by molar-refractivity contribution is 9.10. The van der Waals surface area contributed by atoms with E-state index < -0.39 is 0 Å². The van der Waals surface area contributed by atoms with Gasteiger partial charge in [0.2, 0.25) is 0 Å². The van der Waals surface area contributed by atoms with Crippen molar-refractivity contribution in [2.75, 3.05) is 19.0 Å². The Kier molecular flexibility index (Phi) is 6.81. The number of halogens is 2. The molecule has 0 aliphatic heterocycles. The van der Waals surface area contributed by atoms with E-state index in [1.807, 2.05) is 73.6 Å². The van der Waals surface area contributed by atoms with E-state index in [9.17, 15) is 4.79 Å². The maximum atomic E-state index is 13.0. The first kappa shape index (κ1) is 23.0. The molecular formula is C25H22BrClN4O2. The van der Waals surface area contributed by atoms with Gasteiger partial charge in [-0.25, -0.2) is 4.98 Å². The van der Waals surface area contributed by atoms with Crippen LogP contribution in [0, 0.1) is 6.92 Å². The monoisotopic (exact) mass is 524 g/mol. The highest BCUT2D eigenvalue weighted by atomic mass is 79.9. The maximum absolute atomic E-state index is 13.0. The summed E-state index contributed by atoms with van der Waals surface area (Å²) in [5.74, 6) is 1.15. The summed E-state index contributed by atoms with van der Waals surface area (Å²) >= 11 is 9.39. The van der Waals surface area contributed by atoms with Gasteiger partial charge >= 0.3 is 0 Å². The Morgan fingerprint density at radius 1 is 1.12 bits per heavy atom. The van der Waals surface area contributed by atoms with E-state index in [-0.39, 0.29) is 5.56 Å². The molecule has 0 radical (unpaired) electrons. The molecule has 0 saturated heterocycles. The van der Waals surface area contributed by atoms with Crippen molar-refractivity contribution < 1.29 is 4.74 Å². The Hall–Kier alpha value is -3.16. The van der Waals surface area contributed by atoms with Gasteiger partial charge in [-0.05, 0) is 55.0 Å². The predicted molar refractivity (Wildman–Crippen MR) is 138 cm³/mol. The lowest BCUT2D eigenvalue weighted by atomic mass is 10.2. The number of nitrogens with zero attached hydrogens (tertiary/aromatic N) is 4. The zero-order valence-electron chi connectivity index (χ0n) is 18.4. The Morgan fingerprint density at radius 2 is 1.88 bits per heavy atom. The number of fused-ring (bicyclic) bond motifs is 1. The van der Waals surface area contributed by atoms with E-state index in [4.69, 9.17) is 16.3 Å². The van der Waals surface area contributed by atoms with Crippen molar-refractivity contribution >= 4 is 50.3 Å². The third-order valence-corrected chi connectivity index (χ3v) is 5.85. The van der Waals surface area contributed by atoms with Crippen LogP contribution in [-0.2, 0) is 6.61 Å². The topological polar surface area (TPSA) is 59.7 Å². The number of rotatable bonds is 6. The van der Waals surface area contributed by atoms with Crippen molar-refractivity contribution in [2.45, 2.75) is 13.5 Å². The van der Waals surface area contributed by atoms with E-state index in [1.165, 1.54) is 4.68 Å². The van der Waals surface area contributed by atoms with Gasteiger partial charge in [-0.2, -0.15) is 9.78 Å². The molecule has 0 spiro atoms. The smallest absolute Gasteiger partial charge is 0.282 e. The van der Waals surface area contributed by atoms with Gasteiger partial charge in [-0.3, -0.25) is 4.79 Å². The average molecular weight is 526 g/mol. The Morgan fingerprint density at radius 3 is 2.61 bits per heavy atom. The van der Waals surface area contributed by atoms with Gasteiger partial charge in [-0.15, -0.1) is 0 Å². The standard InChI is InChI=1S/C25H22BrClN4O2/c1-16-29-23-11-7-19(26)12-22(23)25(32)31(16)28-14-18-6-10-21(30(2)3)13-24(18)33-15-17-4-8-20(27)9-5-17/h4-14H,15H2,1-3H3. The fourth-order valence-electron chi connectivity index (χ4n) is 3.29.